The summed E-state index contributed by atoms with van der Waals surface area (Å²) in [4.78, 5) is 4.85. The summed E-state index contributed by atoms with van der Waals surface area (Å²) < 4.78 is 2.38. The molecule has 2 heterocycles. The molecule has 1 aliphatic rings. The van der Waals surface area contributed by atoms with E-state index in [-0.39, 0.29) is 5.41 Å². The third kappa shape index (κ3) is 6.90. The molecule has 1 atom stereocenters. The van der Waals surface area contributed by atoms with Gasteiger partial charge in [-0.25, -0.2) is 0 Å². The van der Waals surface area contributed by atoms with Crippen molar-refractivity contribution in [3.05, 3.63) is 260 Å². The molecule has 1 aromatic heterocycles. The molecule has 320 valence electrons. The molecule has 3 heteroatoms. The van der Waals surface area contributed by atoms with E-state index in [0.717, 1.165) is 34.9 Å². The Labute approximate surface area is 393 Å². The van der Waals surface area contributed by atoms with Crippen LogP contribution in [-0.4, -0.2) is 4.57 Å². The molecule has 0 aliphatic carbocycles. The Morgan fingerprint density at radius 2 is 0.776 bits per heavy atom. The van der Waals surface area contributed by atoms with E-state index in [1.807, 2.05) is 0 Å². The van der Waals surface area contributed by atoms with Crippen molar-refractivity contribution in [2.24, 2.45) is 0 Å². The van der Waals surface area contributed by atoms with Crippen LogP contribution in [0.1, 0.15) is 31.4 Å². The van der Waals surface area contributed by atoms with Gasteiger partial charge in [-0.2, -0.15) is 0 Å². The number of hydrogen-bond acceptors (Lipinski definition) is 2. The minimum atomic E-state index is -0.221. The van der Waals surface area contributed by atoms with Gasteiger partial charge in [-0.05, 0) is 148 Å². The van der Waals surface area contributed by atoms with Gasteiger partial charge in [-0.3, -0.25) is 0 Å². The lowest BCUT2D eigenvalue weighted by Crippen LogP contribution is -2.32. The Balaban J connectivity index is 0.973. The topological polar surface area (TPSA) is 11.4 Å². The standard InChI is InChI=1S/C64H49N3/c1-3-64(2)58-42-49(46-20-10-5-11-21-46)32-39-62(58)67(52-24-14-7-15-25-52)63-40-33-50(43-59(63)64)48-30-36-54(37-31-48)65(53-34-28-47(29-35-53)45-18-8-4-9-19-45)55-38-41-61-57(44-55)56-26-16-17-27-60(56)66(61)51-22-12-6-13-23-51/h4-44H,3H2,1-2H3. The first-order valence-corrected chi connectivity index (χ1v) is 23.4. The van der Waals surface area contributed by atoms with Crippen LogP contribution in [0, 0.1) is 0 Å². The van der Waals surface area contributed by atoms with Crippen molar-refractivity contribution in [2.45, 2.75) is 25.7 Å². The van der Waals surface area contributed by atoms with Crippen LogP contribution < -0.4 is 9.80 Å². The normalized spacial score (nSPS) is 14.2. The lowest BCUT2D eigenvalue weighted by Gasteiger charge is -2.44. The van der Waals surface area contributed by atoms with Crippen molar-refractivity contribution in [3.63, 3.8) is 0 Å². The predicted molar refractivity (Wildman–Crippen MR) is 283 cm³/mol. The average molecular weight is 860 g/mol. The van der Waals surface area contributed by atoms with E-state index >= 15 is 0 Å². The zero-order valence-electron chi connectivity index (χ0n) is 37.7. The second-order valence-corrected chi connectivity index (χ2v) is 17.9. The molecule has 0 saturated heterocycles. The minimum Gasteiger partial charge on any atom is -0.310 e. The number of para-hydroxylation sites is 3. The summed E-state index contributed by atoms with van der Waals surface area (Å²) in [7, 11) is 0. The van der Waals surface area contributed by atoms with Crippen molar-refractivity contribution in [2.75, 3.05) is 9.80 Å². The molecule has 0 amide bonds. The minimum absolute atomic E-state index is 0.221. The predicted octanol–water partition coefficient (Wildman–Crippen LogP) is 17.8. The quantitative estimate of drug-likeness (QED) is 0.143. The smallest absolute Gasteiger partial charge is 0.0542 e. The summed E-state index contributed by atoms with van der Waals surface area (Å²) in [6, 6.07) is 90.9. The lowest BCUT2D eigenvalue weighted by molar-refractivity contribution is 0.544. The molecule has 0 radical (unpaired) electrons. The van der Waals surface area contributed by atoms with Gasteiger partial charge in [0.15, 0.2) is 0 Å². The highest BCUT2D eigenvalue weighted by molar-refractivity contribution is 6.10. The number of aromatic nitrogens is 1. The molecule has 3 nitrogen and oxygen atoms in total. The number of rotatable bonds is 9. The van der Waals surface area contributed by atoms with Crippen molar-refractivity contribution < 1.29 is 0 Å². The molecule has 11 aromatic rings. The third-order valence-electron chi connectivity index (χ3n) is 14.1. The monoisotopic (exact) mass is 859 g/mol. The largest absolute Gasteiger partial charge is 0.310 e. The summed E-state index contributed by atoms with van der Waals surface area (Å²) in [5.74, 6) is 0. The average Bonchev–Trinajstić information content (AvgIpc) is 3.74. The third-order valence-corrected chi connectivity index (χ3v) is 14.1. The zero-order valence-corrected chi connectivity index (χ0v) is 37.7. The molecule has 0 fully saturated rings. The van der Waals surface area contributed by atoms with Crippen molar-refractivity contribution >= 4 is 55.9 Å². The maximum Gasteiger partial charge on any atom is 0.0542 e. The molecule has 0 saturated carbocycles. The van der Waals surface area contributed by atoms with Crippen LogP contribution in [0.5, 0.6) is 0 Å². The van der Waals surface area contributed by atoms with Gasteiger partial charge < -0.3 is 14.4 Å². The fourth-order valence-corrected chi connectivity index (χ4v) is 10.5. The Morgan fingerprint density at radius 1 is 0.358 bits per heavy atom. The number of hydrogen-bond donors (Lipinski definition) is 0. The van der Waals surface area contributed by atoms with Crippen LogP contribution in [0.4, 0.5) is 34.1 Å². The van der Waals surface area contributed by atoms with Gasteiger partial charge in [0, 0.05) is 44.6 Å². The Bertz CT molecular complexity index is 3540. The molecule has 0 N–H and O–H groups in total. The van der Waals surface area contributed by atoms with Gasteiger partial charge >= 0.3 is 0 Å². The van der Waals surface area contributed by atoms with E-state index in [9.17, 15) is 0 Å². The second kappa shape index (κ2) is 16.5. The first-order valence-electron chi connectivity index (χ1n) is 23.4. The van der Waals surface area contributed by atoms with Crippen LogP contribution >= 0.6 is 0 Å². The highest BCUT2D eigenvalue weighted by Crippen LogP contribution is 2.55. The molecule has 10 aromatic carbocycles. The van der Waals surface area contributed by atoms with E-state index in [4.69, 9.17) is 0 Å². The van der Waals surface area contributed by atoms with E-state index in [1.165, 1.54) is 77.7 Å². The first-order chi connectivity index (χ1) is 33.1. The van der Waals surface area contributed by atoms with E-state index in [0.29, 0.717) is 0 Å². The highest BCUT2D eigenvalue weighted by Gasteiger charge is 2.39. The zero-order chi connectivity index (χ0) is 44.9. The van der Waals surface area contributed by atoms with Crippen molar-refractivity contribution in [3.8, 4) is 39.1 Å². The Morgan fingerprint density at radius 3 is 1.33 bits per heavy atom. The van der Waals surface area contributed by atoms with Gasteiger partial charge in [0.05, 0.1) is 22.4 Å². The first kappa shape index (κ1) is 40.1. The summed E-state index contributed by atoms with van der Waals surface area (Å²) in [6.45, 7) is 4.77. The second-order valence-electron chi connectivity index (χ2n) is 17.9. The van der Waals surface area contributed by atoms with Crippen LogP contribution in [0.25, 0.3) is 60.9 Å². The number of nitrogens with zero attached hydrogens (tertiary/aromatic N) is 3. The molecular formula is C64H49N3. The van der Waals surface area contributed by atoms with Gasteiger partial charge in [-0.15, -0.1) is 0 Å². The fraction of sp³-hybridized carbons (Fsp3) is 0.0625. The number of fused-ring (bicyclic) bond motifs is 5. The molecule has 1 unspecified atom stereocenters. The SMILES string of the molecule is CCC1(C)c2cc(-c3ccccc3)ccc2N(c2ccccc2)c2ccc(-c3ccc(N(c4ccc(-c5ccccc5)cc4)c4ccc5c(c4)c4ccccc4n5-c4ccccc4)cc3)cc21. The summed E-state index contributed by atoms with van der Waals surface area (Å²) in [5, 5.41) is 2.45. The van der Waals surface area contributed by atoms with Crippen molar-refractivity contribution in [1.82, 2.24) is 4.57 Å². The van der Waals surface area contributed by atoms with E-state index in [2.05, 4.69) is 277 Å². The van der Waals surface area contributed by atoms with E-state index < -0.39 is 0 Å². The van der Waals surface area contributed by atoms with Crippen LogP contribution in [0.2, 0.25) is 0 Å². The molecule has 1 aliphatic heterocycles. The van der Waals surface area contributed by atoms with Crippen molar-refractivity contribution in [1.29, 1.82) is 0 Å². The maximum atomic E-state index is 2.46. The summed E-state index contributed by atoms with van der Waals surface area (Å²) in [5.41, 5.74) is 20.2. The fourth-order valence-electron chi connectivity index (χ4n) is 10.5. The maximum absolute atomic E-state index is 2.46. The lowest BCUT2D eigenvalue weighted by atomic mass is 9.69. The molecular weight excluding hydrogens is 811 g/mol. The molecule has 67 heavy (non-hydrogen) atoms. The Hall–Kier alpha value is -8.40. The van der Waals surface area contributed by atoms with Gasteiger partial charge in [-0.1, -0.05) is 166 Å². The van der Waals surface area contributed by atoms with Gasteiger partial charge in [0.25, 0.3) is 0 Å². The van der Waals surface area contributed by atoms with Crippen LogP contribution in [0.15, 0.2) is 249 Å². The van der Waals surface area contributed by atoms with E-state index in [1.54, 1.807) is 0 Å². The molecule has 0 bridgehead atoms. The summed E-state index contributed by atoms with van der Waals surface area (Å²) in [6.07, 6.45) is 0.961. The van der Waals surface area contributed by atoms with Crippen LogP contribution in [0.3, 0.4) is 0 Å². The number of anilines is 6. The Kier molecular flexibility index (Phi) is 9.91. The summed E-state index contributed by atoms with van der Waals surface area (Å²) >= 11 is 0. The highest BCUT2D eigenvalue weighted by atomic mass is 15.2. The van der Waals surface area contributed by atoms with Gasteiger partial charge in [0.2, 0.25) is 0 Å². The molecule has 12 rings (SSSR count). The van der Waals surface area contributed by atoms with Gasteiger partial charge in [0.1, 0.15) is 0 Å². The number of benzene rings is 10. The van der Waals surface area contributed by atoms with Crippen LogP contribution in [-0.2, 0) is 5.41 Å². The molecule has 0 spiro atoms.